The molecule has 0 heterocycles. The molecular formula is C14H17F2NO5. The van der Waals surface area contributed by atoms with Crippen molar-refractivity contribution in [3.63, 3.8) is 0 Å². The van der Waals surface area contributed by atoms with Crippen molar-refractivity contribution in [1.82, 2.24) is 0 Å². The van der Waals surface area contributed by atoms with Crippen LogP contribution in [0.1, 0.15) is 30.7 Å². The third-order valence-electron chi connectivity index (χ3n) is 3.89. The van der Waals surface area contributed by atoms with Crippen LogP contribution in [0.4, 0.5) is 8.78 Å². The van der Waals surface area contributed by atoms with Gasteiger partial charge in [-0.05, 0) is 30.5 Å². The molecule has 1 saturated carbocycles. The van der Waals surface area contributed by atoms with Crippen LogP contribution in [0.2, 0.25) is 0 Å². The Bertz CT molecular complexity index is 540. The first-order chi connectivity index (χ1) is 10.4. The quantitative estimate of drug-likeness (QED) is 0.667. The maximum Gasteiger partial charge on any atom is 0.387 e. The lowest BCUT2D eigenvalue weighted by atomic mass is 9.79. The first-order valence-corrected chi connectivity index (χ1v) is 6.86. The molecule has 1 aromatic carbocycles. The molecule has 1 fully saturated rings. The van der Waals surface area contributed by atoms with Gasteiger partial charge in [0.25, 0.3) is 0 Å². The zero-order valence-corrected chi connectivity index (χ0v) is 11.9. The van der Waals surface area contributed by atoms with Crippen LogP contribution in [0.3, 0.4) is 0 Å². The Morgan fingerprint density at radius 3 is 2.68 bits per heavy atom. The summed E-state index contributed by atoms with van der Waals surface area (Å²) in [4.78, 5) is 10.8. The SMILES string of the molecule is COc1cc(C2CC(O)CCC2[N+](=O)[O-])ccc1OC(F)F. The second-order valence-electron chi connectivity index (χ2n) is 5.21. The molecule has 22 heavy (non-hydrogen) atoms. The second-order valence-corrected chi connectivity index (χ2v) is 5.21. The molecule has 0 bridgehead atoms. The van der Waals surface area contributed by atoms with E-state index >= 15 is 0 Å². The molecule has 122 valence electrons. The highest BCUT2D eigenvalue weighted by Crippen LogP contribution is 2.39. The van der Waals surface area contributed by atoms with E-state index in [1.807, 2.05) is 0 Å². The molecule has 0 aromatic heterocycles. The Balaban J connectivity index is 2.31. The summed E-state index contributed by atoms with van der Waals surface area (Å²) >= 11 is 0. The number of nitro groups is 1. The van der Waals surface area contributed by atoms with Gasteiger partial charge in [-0.2, -0.15) is 8.78 Å². The van der Waals surface area contributed by atoms with Gasteiger partial charge in [-0.3, -0.25) is 10.1 Å². The van der Waals surface area contributed by atoms with Crippen molar-refractivity contribution in [3.05, 3.63) is 33.9 Å². The highest BCUT2D eigenvalue weighted by molar-refractivity contribution is 5.44. The zero-order valence-electron chi connectivity index (χ0n) is 11.9. The normalized spacial score (nSPS) is 25.0. The monoisotopic (exact) mass is 317 g/mol. The largest absolute Gasteiger partial charge is 0.493 e. The van der Waals surface area contributed by atoms with Crippen molar-refractivity contribution in [2.75, 3.05) is 7.11 Å². The number of aliphatic hydroxyl groups is 1. The molecule has 3 unspecified atom stereocenters. The zero-order chi connectivity index (χ0) is 16.3. The third-order valence-corrected chi connectivity index (χ3v) is 3.89. The molecule has 0 spiro atoms. The Hall–Kier alpha value is -1.96. The molecule has 0 amide bonds. The molecule has 1 aliphatic carbocycles. The minimum absolute atomic E-state index is 0.0833. The van der Waals surface area contributed by atoms with Crippen molar-refractivity contribution in [1.29, 1.82) is 0 Å². The van der Waals surface area contributed by atoms with E-state index in [2.05, 4.69) is 4.74 Å². The molecular weight excluding hydrogens is 300 g/mol. The van der Waals surface area contributed by atoms with E-state index in [0.717, 1.165) is 0 Å². The summed E-state index contributed by atoms with van der Waals surface area (Å²) in [7, 11) is 1.30. The topological polar surface area (TPSA) is 81.8 Å². The Morgan fingerprint density at radius 1 is 1.36 bits per heavy atom. The molecule has 1 aliphatic rings. The summed E-state index contributed by atoms with van der Waals surface area (Å²) in [6.45, 7) is -2.98. The predicted molar refractivity (Wildman–Crippen MR) is 73.0 cm³/mol. The number of ether oxygens (including phenoxy) is 2. The number of alkyl halides is 2. The van der Waals surface area contributed by atoms with Gasteiger partial charge in [0.1, 0.15) is 0 Å². The molecule has 0 aliphatic heterocycles. The summed E-state index contributed by atoms with van der Waals surface area (Å²) < 4.78 is 34.0. The summed E-state index contributed by atoms with van der Waals surface area (Å²) in [6.07, 6.45) is 0.302. The molecule has 8 heteroatoms. The van der Waals surface area contributed by atoms with Crippen LogP contribution in [0.5, 0.6) is 11.5 Å². The van der Waals surface area contributed by atoms with Crippen LogP contribution in [-0.4, -0.2) is 35.9 Å². The van der Waals surface area contributed by atoms with Gasteiger partial charge in [-0.1, -0.05) is 6.07 Å². The number of nitrogens with zero attached hydrogens (tertiary/aromatic N) is 1. The molecule has 0 radical (unpaired) electrons. The van der Waals surface area contributed by atoms with Gasteiger partial charge in [-0.25, -0.2) is 0 Å². The first kappa shape index (κ1) is 16.4. The van der Waals surface area contributed by atoms with Crippen LogP contribution in [0.15, 0.2) is 18.2 Å². The number of halogens is 2. The van der Waals surface area contributed by atoms with E-state index in [4.69, 9.17) is 4.74 Å². The summed E-state index contributed by atoms with van der Waals surface area (Å²) in [5.74, 6) is -0.538. The molecule has 3 atom stereocenters. The van der Waals surface area contributed by atoms with E-state index in [-0.39, 0.29) is 29.3 Å². The lowest BCUT2D eigenvalue weighted by molar-refractivity contribution is -0.531. The van der Waals surface area contributed by atoms with Crippen molar-refractivity contribution in [3.8, 4) is 11.5 Å². The number of benzene rings is 1. The van der Waals surface area contributed by atoms with Gasteiger partial charge in [-0.15, -0.1) is 0 Å². The highest BCUT2D eigenvalue weighted by Gasteiger charge is 2.38. The smallest absolute Gasteiger partial charge is 0.387 e. The Kier molecular flexibility index (Phi) is 5.12. The van der Waals surface area contributed by atoms with Crippen molar-refractivity contribution in [2.45, 2.75) is 43.9 Å². The van der Waals surface area contributed by atoms with E-state index in [1.54, 1.807) is 0 Å². The molecule has 1 aromatic rings. The van der Waals surface area contributed by atoms with E-state index < -0.39 is 24.7 Å². The number of aliphatic hydroxyl groups excluding tert-OH is 1. The molecule has 2 rings (SSSR count). The third kappa shape index (κ3) is 3.62. The fraction of sp³-hybridized carbons (Fsp3) is 0.571. The van der Waals surface area contributed by atoms with E-state index in [1.165, 1.54) is 25.3 Å². The minimum atomic E-state index is -2.98. The Morgan fingerprint density at radius 2 is 2.09 bits per heavy atom. The maximum absolute atomic E-state index is 12.3. The van der Waals surface area contributed by atoms with Crippen LogP contribution in [0.25, 0.3) is 0 Å². The van der Waals surface area contributed by atoms with Gasteiger partial charge in [0.15, 0.2) is 11.5 Å². The number of hydrogen-bond donors (Lipinski definition) is 1. The molecule has 6 nitrogen and oxygen atoms in total. The average molecular weight is 317 g/mol. The lowest BCUT2D eigenvalue weighted by Crippen LogP contribution is -2.35. The van der Waals surface area contributed by atoms with Crippen molar-refractivity contribution in [2.24, 2.45) is 0 Å². The van der Waals surface area contributed by atoms with Crippen molar-refractivity contribution < 1.29 is 28.3 Å². The van der Waals surface area contributed by atoms with E-state index in [0.29, 0.717) is 12.0 Å². The minimum Gasteiger partial charge on any atom is -0.493 e. The summed E-state index contributed by atoms with van der Waals surface area (Å²) in [5.41, 5.74) is 0.568. The number of hydrogen-bond acceptors (Lipinski definition) is 5. The predicted octanol–water partition coefficient (Wildman–Crippen LogP) is 2.57. The van der Waals surface area contributed by atoms with Crippen LogP contribution < -0.4 is 9.47 Å². The van der Waals surface area contributed by atoms with Gasteiger partial charge >= 0.3 is 6.61 Å². The lowest BCUT2D eigenvalue weighted by Gasteiger charge is -2.29. The van der Waals surface area contributed by atoms with Crippen LogP contribution >= 0.6 is 0 Å². The van der Waals surface area contributed by atoms with Crippen molar-refractivity contribution >= 4 is 0 Å². The number of methoxy groups -OCH3 is 1. The maximum atomic E-state index is 12.3. The first-order valence-electron chi connectivity index (χ1n) is 6.86. The van der Waals surface area contributed by atoms with Gasteiger partial charge in [0.05, 0.1) is 19.1 Å². The number of rotatable bonds is 5. The standard InChI is InChI=1S/C14H17F2NO5/c1-21-13-6-8(2-5-12(13)22-14(15)16)10-7-9(18)3-4-11(10)17(19)20/h2,5-6,9-11,14,18H,3-4,7H2,1H3. The second kappa shape index (κ2) is 6.87. The summed E-state index contributed by atoms with van der Waals surface area (Å²) in [5, 5.41) is 20.9. The fourth-order valence-electron chi connectivity index (χ4n) is 2.85. The van der Waals surface area contributed by atoms with Gasteiger partial charge in [0.2, 0.25) is 6.04 Å². The molecule has 0 saturated heterocycles. The van der Waals surface area contributed by atoms with Gasteiger partial charge in [0, 0.05) is 11.3 Å². The fourth-order valence-corrected chi connectivity index (χ4v) is 2.85. The Labute approximate surface area is 125 Å². The van der Waals surface area contributed by atoms with Crippen LogP contribution in [-0.2, 0) is 0 Å². The summed E-state index contributed by atoms with van der Waals surface area (Å²) in [6, 6.07) is 3.45. The van der Waals surface area contributed by atoms with Crippen LogP contribution in [0, 0.1) is 10.1 Å². The van der Waals surface area contributed by atoms with Gasteiger partial charge < -0.3 is 14.6 Å². The van der Waals surface area contributed by atoms with E-state index in [9.17, 15) is 24.0 Å². The molecule has 1 N–H and O–H groups in total. The highest BCUT2D eigenvalue weighted by atomic mass is 19.3. The average Bonchev–Trinajstić information content (AvgIpc) is 2.46.